The van der Waals surface area contributed by atoms with E-state index in [1.807, 2.05) is 6.92 Å². The smallest absolute Gasteiger partial charge is 0.127 e. The van der Waals surface area contributed by atoms with Gasteiger partial charge in [0.2, 0.25) is 0 Å². The van der Waals surface area contributed by atoms with Crippen LogP contribution in [0.25, 0.3) is 0 Å². The molecule has 1 heteroatoms. The van der Waals surface area contributed by atoms with Gasteiger partial charge >= 0.3 is 0 Å². The second-order valence-electron chi connectivity index (χ2n) is 1.18. The lowest BCUT2D eigenvalue weighted by Crippen LogP contribution is -1.70. The van der Waals surface area contributed by atoms with Gasteiger partial charge in [-0.05, 0) is 6.42 Å². The van der Waals surface area contributed by atoms with Crippen molar-refractivity contribution in [1.82, 2.24) is 0 Å². The van der Waals surface area contributed by atoms with Crippen LogP contribution in [0.2, 0.25) is 0 Å². The van der Waals surface area contributed by atoms with Gasteiger partial charge in [0, 0.05) is 5.57 Å². The summed E-state index contributed by atoms with van der Waals surface area (Å²) in [6, 6.07) is 0. The molecule has 0 aromatic carbocycles. The van der Waals surface area contributed by atoms with E-state index < -0.39 is 0 Å². The van der Waals surface area contributed by atoms with Crippen molar-refractivity contribution in [2.24, 2.45) is 0 Å². The third-order valence-electron chi connectivity index (χ3n) is 0.758. The molecule has 0 spiro atoms. The molecule has 0 aromatic heterocycles. The zero-order valence-electron chi connectivity index (χ0n) is 4.40. The zero-order chi connectivity index (χ0) is 5.70. The SMILES string of the molecule is C=CC(=C=O)CC. The molecule has 0 radical (unpaired) electrons. The maximum absolute atomic E-state index is 9.73. The van der Waals surface area contributed by atoms with Crippen LogP contribution in [0.1, 0.15) is 13.3 Å². The molecule has 0 amide bonds. The molecule has 7 heavy (non-hydrogen) atoms. The minimum atomic E-state index is 0.639. The lowest BCUT2D eigenvalue weighted by Gasteiger charge is -1.80. The summed E-state index contributed by atoms with van der Waals surface area (Å²) in [6.45, 7) is 5.29. The lowest BCUT2D eigenvalue weighted by atomic mass is 10.2. The Bertz CT molecular complexity index is 107. The van der Waals surface area contributed by atoms with Crippen LogP contribution in [-0.4, -0.2) is 5.94 Å². The molecule has 0 heterocycles. The van der Waals surface area contributed by atoms with Gasteiger partial charge in [0.1, 0.15) is 5.94 Å². The average Bonchev–Trinajstić information content (AvgIpc) is 1.72. The fourth-order valence-electron chi connectivity index (χ4n) is 0.258. The Morgan fingerprint density at radius 3 is 2.57 bits per heavy atom. The predicted molar refractivity (Wildman–Crippen MR) is 29.7 cm³/mol. The first-order valence-corrected chi connectivity index (χ1v) is 2.21. The van der Waals surface area contributed by atoms with E-state index in [9.17, 15) is 4.79 Å². The van der Waals surface area contributed by atoms with E-state index in [0.29, 0.717) is 5.57 Å². The van der Waals surface area contributed by atoms with E-state index in [1.165, 1.54) is 6.08 Å². The van der Waals surface area contributed by atoms with Crippen molar-refractivity contribution in [3.05, 3.63) is 18.2 Å². The molecule has 0 atom stereocenters. The van der Waals surface area contributed by atoms with Gasteiger partial charge in [-0.25, -0.2) is 4.79 Å². The van der Waals surface area contributed by atoms with Crippen LogP contribution >= 0.6 is 0 Å². The minimum Gasteiger partial charge on any atom is -0.233 e. The molecule has 0 fully saturated rings. The normalized spacial score (nSPS) is 7.00. The van der Waals surface area contributed by atoms with Gasteiger partial charge in [-0.3, -0.25) is 0 Å². The van der Waals surface area contributed by atoms with Crippen LogP contribution in [0.5, 0.6) is 0 Å². The summed E-state index contributed by atoms with van der Waals surface area (Å²) in [5.74, 6) is 1.75. The van der Waals surface area contributed by atoms with Crippen molar-refractivity contribution in [1.29, 1.82) is 0 Å². The molecule has 0 aliphatic carbocycles. The monoisotopic (exact) mass is 96.1 g/mol. The first kappa shape index (κ1) is 6.19. The van der Waals surface area contributed by atoms with E-state index in [0.717, 1.165) is 6.42 Å². The van der Waals surface area contributed by atoms with Gasteiger partial charge in [0.05, 0.1) is 0 Å². The van der Waals surface area contributed by atoms with Crippen molar-refractivity contribution in [2.45, 2.75) is 13.3 Å². The lowest BCUT2D eigenvalue weighted by molar-refractivity contribution is 0.567. The predicted octanol–water partition coefficient (Wildman–Crippen LogP) is 1.34. The molecule has 0 aliphatic rings. The third-order valence-corrected chi connectivity index (χ3v) is 0.758. The second kappa shape index (κ2) is 3.38. The first-order valence-electron chi connectivity index (χ1n) is 2.21. The highest BCUT2D eigenvalue weighted by molar-refractivity contribution is 5.56. The molecular weight excluding hydrogens is 88.1 g/mol. The Balaban J connectivity index is 3.86. The molecule has 38 valence electrons. The quantitative estimate of drug-likeness (QED) is 0.374. The van der Waals surface area contributed by atoms with Crippen LogP contribution in [0.15, 0.2) is 18.2 Å². The zero-order valence-corrected chi connectivity index (χ0v) is 4.40. The van der Waals surface area contributed by atoms with Crippen LogP contribution in [-0.2, 0) is 4.79 Å². The van der Waals surface area contributed by atoms with Gasteiger partial charge < -0.3 is 0 Å². The van der Waals surface area contributed by atoms with Crippen molar-refractivity contribution in [3.8, 4) is 0 Å². The first-order chi connectivity index (χ1) is 3.35. The van der Waals surface area contributed by atoms with Crippen LogP contribution in [0.3, 0.4) is 0 Å². The maximum atomic E-state index is 9.73. The summed E-state index contributed by atoms with van der Waals surface area (Å²) >= 11 is 0. The molecular formula is C6H8O. The van der Waals surface area contributed by atoms with Crippen molar-refractivity contribution >= 4 is 5.94 Å². The molecule has 0 aromatic rings. The Hall–Kier alpha value is -0.810. The fraction of sp³-hybridized carbons (Fsp3) is 0.333. The summed E-state index contributed by atoms with van der Waals surface area (Å²) in [5.41, 5.74) is 0.639. The Kier molecular flexibility index (Phi) is 2.99. The van der Waals surface area contributed by atoms with Crippen LogP contribution in [0.4, 0.5) is 0 Å². The number of rotatable bonds is 2. The highest BCUT2D eigenvalue weighted by Gasteiger charge is 1.80. The molecule has 0 unspecified atom stereocenters. The maximum Gasteiger partial charge on any atom is 0.127 e. The van der Waals surface area contributed by atoms with Crippen molar-refractivity contribution in [2.75, 3.05) is 0 Å². The fourth-order valence-corrected chi connectivity index (χ4v) is 0.258. The van der Waals surface area contributed by atoms with Crippen LogP contribution < -0.4 is 0 Å². The summed E-state index contributed by atoms with van der Waals surface area (Å²) in [5, 5.41) is 0. The van der Waals surface area contributed by atoms with Gasteiger partial charge in [-0.2, -0.15) is 0 Å². The number of hydrogen-bond donors (Lipinski definition) is 0. The molecule has 0 saturated heterocycles. The van der Waals surface area contributed by atoms with E-state index >= 15 is 0 Å². The molecule has 0 saturated carbocycles. The summed E-state index contributed by atoms with van der Waals surface area (Å²) in [4.78, 5) is 9.73. The highest BCUT2D eigenvalue weighted by Crippen LogP contribution is 1.92. The van der Waals surface area contributed by atoms with E-state index in [2.05, 4.69) is 6.58 Å². The third kappa shape index (κ3) is 1.96. The van der Waals surface area contributed by atoms with E-state index in [-0.39, 0.29) is 0 Å². The number of allylic oxidation sites excluding steroid dienone is 2. The molecule has 0 N–H and O–H groups in total. The second-order valence-corrected chi connectivity index (χ2v) is 1.18. The molecule has 1 nitrogen and oxygen atoms in total. The summed E-state index contributed by atoms with van der Waals surface area (Å²) < 4.78 is 0. The van der Waals surface area contributed by atoms with Crippen molar-refractivity contribution < 1.29 is 4.79 Å². The minimum absolute atomic E-state index is 0.639. The Morgan fingerprint density at radius 1 is 2.00 bits per heavy atom. The average molecular weight is 96.1 g/mol. The van der Waals surface area contributed by atoms with E-state index in [1.54, 1.807) is 5.94 Å². The van der Waals surface area contributed by atoms with E-state index in [4.69, 9.17) is 0 Å². The molecule has 0 rings (SSSR count). The van der Waals surface area contributed by atoms with Gasteiger partial charge in [-0.15, -0.1) is 0 Å². The molecule has 0 bridgehead atoms. The Morgan fingerprint density at radius 2 is 2.57 bits per heavy atom. The van der Waals surface area contributed by atoms with Gasteiger partial charge in [0.25, 0.3) is 0 Å². The standard InChI is InChI=1S/C6H8O/c1-3-6(4-2)5-7/h3H,1,4H2,2H3. The number of carbonyl (C=O) groups excluding carboxylic acids is 1. The summed E-state index contributed by atoms with van der Waals surface area (Å²) in [6.07, 6.45) is 2.25. The van der Waals surface area contributed by atoms with Gasteiger partial charge in [-0.1, -0.05) is 19.6 Å². The Labute approximate surface area is 43.3 Å². The van der Waals surface area contributed by atoms with Gasteiger partial charge in [0.15, 0.2) is 0 Å². The number of hydrogen-bond acceptors (Lipinski definition) is 1. The summed E-state index contributed by atoms with van der Waals surface area (Å²) in [7, 11) is 0. The highest BCUT2D eigenvalue weighted by atomic mass is 16.1. The van der Waals surface area contributed by atoms with Crippen LogP contribution in [0, 0.1) is 0 Å². The largest absolute Gasteiger partial charge is 0.233 e. The molecule has 0 aliphatic heterocycles. The topological polar surface area (TPSA) is 17.1 Å². The van der Waals surface area contributed by atoms with Crippen molar-refractivity contribution in [3.63, 3.8) is 0 Å².